The van der Waals surface area contributed by atoms with Gasteiger partial charge in [0.15, 0.2) is 5.43 Å². The maximum absolute atomic E-state index is 12.4. The van der Waals surface area contributed by atoms with Crippen LogP contribution in [0.15, 0.2) is 29.1 Å². The number of pyridine rings is 1. The van der Waals surface area contributed by atoms with Crippen LogP contribution in [0.2, 0.25) is 0 Å². The number of benzene rings is 1. The SMILES string of the molecule is CCOC(=O)c1c(C)[nH]c(-c2ccc(C(C)(C)C)cc2C)cc1=O. The molecule has 0 radical (unpaired) electrons. The van der Waals surface area contributed by atoms with E-state index in [-0.39, 0.29) is 23.0 Å². The second-order valence-corrected chi connectivity index (χ2v) is 7.05. The van der Waals surface area contributed by atoms with Gasteiger partial charge in [-0.3, -0.25) is 4.79 Å². The van der Waals surface area contributed by atoms with Crippen molar-refractivity contribution in [1.82, 2.24) is 4.98 Å². The third-order valence-corrected chi connectivity index (χ3v) is 4.08. The van der Waals surface area contributed by atoms with E-state index in [4.69, 9.17) is 4.74 Å². The molecular weight excluding hydrogens is 302 g/mol. The molecule has 2 rings (SSSR count). The summed E-state index contributed by atoms with van der Waals surface area (Å²) in [5.74, 6) is -0.581. The molecule has 2 aromatic rings. The van der Waals surface area contributed by atoms with Crippen molar-refractivity contribution < 1.29 is 9.53 Å². The van der Waals surface area contributed by atoms with Gasteiger partial charge in [-0.25, -0.2) is 4.79 Å². The van der Waals surface area contributed by atoms with E-state index in [0.29, 0.717) is 11.4 Å². The van der Waals surface area contributed by atoms with Crippen molar-refractivity contribution in [1.29, 1.82) is 0 Å². The fourth-order valence-corrected chi connectivity index (χ4v) is 2.72. The topological polar surface area (TPSA) is 59.2 Å². The minimum Gasteiger partial charge on any atom is -0.462 e. The molecule has 4 heteroatoms. The van der Waals surface area contributed by atoms with Gasteiger partial charge in [0, 0.05) is 23.0 Å². The lowest BCUT2D eigenvalue weighted by atomic mass is 9.85. The number of aromatic nitrogens is 1. The number of hydrogen-bond donors (Lipinski definition) is 1. The highest BCUT2D eigenvalue weighted by Gasteiger charge is 2.18. The average Bonchev–Trinajstić information content (AvgIpc) is 2.45. The molecule has 0 amide bonds. The fourth-order valence-electron chi connectivity index (χ4n) is 2.72. The van der Waals surface area contributed by atoms with E-state index in [9.17, 15) is 9.59 Å². The smallest absolute Gasteiger partial charge is 0.343 e. The first-order valence-electron chi connectivity index (χ1n) is 8.17. The van der Waals surface area contributed by atoms with Gasteiger partial charge in [0.25, 0.3) is 0 Å². The van der Waals surface area contributed by atoms with Gasteiger partial charge in [-0.05, 0) is 37.3 Å². The van der Waals surface area contributed by atoms with Gasteiger partial charge < -0.3 is 9.72 Å². The number of H-pyrrole nitrogens is 1. The Balaban J connectivity index is 2.51. The molecule has 4 nitrogen and oxygen atoms in total. The molecule has 0 saturated carbocycles. The Morgan fingerprint density at radius 2 is 1.83 bits per heavy atom. The normalized spacial score (nSPS) is 11.4. The van der Waals surface area contributed by atoms with Crippen LogP contribution >= 0.6 is 0 Å². The van der Waals surface area contributed by atoms with Crippen LogP contribution in [0, 0.1) is 13.8 Å². The molecule has 24 heavy (non-hydrogen) atoms. The molecule has 0 saturated heterocycles. The zero-order valence-electron chi connectivity index (χ0n) is 15.2. The molecule has 1 aromatic carbocycles. The molecular formula is C20H25NO3. The lowest BCUT2D eigenvalue weighted by Gasteiger charge is -2.20. The summed E-state index contributed by atoms with van der Waals surface area (Å²) in [6.45, 7) is 12.2. The number of nitrogens with one attached hydrogen (secondary N) is 1. The average molecular weight is 327 g/mol. The van der Waals surface area contributed by atoms with Crippen LogP contribution in [-0.4, -0.2) is 17.6 Å². The zero-order valence-corrected chi connectivity index (χ0v) is 15.2. The monoisotopic (exact) mass is 327 g/mol. The number of esters is 1. The van der Waals surface area contributed by atoms with E-state index in [1.165, 1.54) is 11.6 Å². The van der Waals surface area contributed by atoms with Crippen LogP contribution < -0.4 is 5.43 Å². The van der Waals surface area contributed by atoms with Crippen LogP contribution in [0.5, 0.6) is 0 Å². The summed E-state index contributed by atoms with van der Waals surface area (Å²) < 4.78 is 4.95. The Labute approximate surface area is 142 Å². The summed E-state index contributed by atoms with van der Waals surface area (Å²) in [6.07, 6.45) is 0. The fraction of sp³-hybridized carbons (Fsp3) is 0.400. The van der Waals surface area contributed by atoms with Crippen molar-refractivity contribution in [2.75, 3.05) is 6.61 Å². The van der Waals surface area contributed by atoms with Crippen molar-refractivity contribution >= 4 is 5.97 Å². The van der Waals surface area contributed by atoms with Gasteiger partial charge in [-0.1, -0.05) is 39.0 Å². The molecule has 1 aromatic heterocycles. The lowest BCUT2D eigenvalue weighted by Crippen LogP contribution is -2.20. The molecule has 0 aliphatic carbocycles. The van der Waals surface area contributed by atoms with Crippen LogP contribution in [0.1, 0.15) is 54.9 Å². The van der Waals surface area contributed by atoms with E-state index < -0.39 is 5.97 Å². The maximum Gasteiger partial charge on any atom is 0.343 e. The molecule has 0 bridgehead atoms. The van der Waals surface area contributed by atoms with Crippen molar-refractivity contribution in [2.45, 2.75) is 47.0 Å². The first-order chi connectivity index (χ1) is 11.1. The number of aryl methyl sites for hydroxylation is 2. The summed E-state index contributed by atoms with van der Waals surface area (Å²) in [5, 5.41) is 0. The van der Waals surface area contributed by atoms with Crippen LogP contribution in [0.4, 0.5) is 0 Å². The minimum atomic E-state index is -0.581. The van der Waals surface area contributed by atoms with E-state index in [1.54, 1.807) is 13.8 Å². The van der Waals surface area contributed by atoms with Crippen LogP contribution in [-0.2, 0) is 10.2 Å². The molecule has 1 N–H and O–H groups in total. The van der Waals surface area contributed by atoms with Crippen molar-refractivity contribution in [3.05, 3.63) is 56.9 Å². The van der Waals surface area contributed by atoms with Crippen molar-refractivity contribution in [2.24, 2.45) is 0 Å². The first-order valence-corrected chi connectivity index (χ1v) is 8.17. The van der Waals surface area contributed by atoms with Crippen molar-refractivity contribution in [3.8, 4) is 11.3 Å². The number of carbonyl (C=O) groups excluding carboxylic acids is 1. The van der Waals surface area contributed by atoms with Gasteiger partial charge >= 0.3 is 5.97 Å². The molecule has 0 aliphatic heterocycles. The largest absolute Gasteiger partial charge is 0.462 e. The zero-order chi connectivity index (χ0) is 18.1. The maximum atomic E-state index is 12.4. The summed E-state index contributed by atoms with van der Waals surface area (Å²) in [4.78, 5) is 27.5. The molecule has 128 valence electrons. The summed E-state index contributed by atoms with van der Waals surface area (Å²) in [5.41, 5.74) is 4.34. The molecule has 0 atom stereocenters. The number of carbonyl (C=O) groups is 1. The van der Waals surface area contributed by atoms with Crippen molar-refractivity contribution in [3.63, 3.8) is 0 Å². The Kier molecular flexibility index (Phi) is 4.97. The number of rotatable bonds is 3. The highest BCUT2D eigenvalue weighted by molar-refractivity contribution is 5.90. The van der Waals surface area contributed by atoms with Crippen LogP contribution in [0.25, 0.3) is 11.3 Å². The highest BCUT2D eigenvalue weighted by atomic mass is 16.5. The Bertz CT molecular complexity index is 826. The lowest BCUT2D eigenvalue weighted by molar-refractivity contribution is 0.0523. The predicted molar refractivity (Wildman–Crippen MR) is 96.6 cm³/mol. The van der Waals surface area contributed by atoms with Gasteiger partial charge in [0.2, 0.25) is 0 Å². The molecule has 1 heterocycles. The predicted octanol–water partition coefficient (Wildman–Crippen LogP) is 4.13. The number of aromatic amines is 1. The molecule has 0 unspecified atom stereocenters. The molecule has 0 spiro atoms. The second-order valence-electron chi connectivity index (χ2n) is 7.05. The molecule has 0 fully saturated rings. The second kappa shape index (κ2) is 6.63. The Hall–Kier alpha value is -2.36. The van der Waals surface area contributed by atoms with E-state index >= 15 is 0 Å². The summed E-state index contributed by atoms with van der Waals surface area (Å²) in [7, 11) is 0. The highest BCUT2D eigenvalue weighted by Crippen LogP contribution is 2.28. The number of hydrogen-bond acceptors (Lipinski definition) is 3. The standard InChI is InChI=1S/C20H25NO3/c1-7-24-19(23)18-13(3)21-16(11-17(18)22)15-9-8-14(10-12(15)2)20(4,5)6/h8-11H,7H2,1-6H3,(H,21,22). The van der Waals surface area contributed by atoms with E-state index in [1.807, 2.05) is 13.0 Å². The number of ether oxygens (including phenoxy) is 1. The van der Waals surface area contributed by atoms with E-state index in [0.717, 1.165) is 11.1 Å². The first kappa shape index (κ1) is 18.0. The third kappa shape index (κ3) is 3.58. The van der Waals surface area contributed by atoms with Crippen LogP contribution in [0.3, 0.4) is 0 Å². The van der Waals surface area contributed by atoms with Gasteiger partial charge in [-0.15, -0.1) is 0 Å². The summed E-state index contributed by atoms with van der Waals surface area (Å²) in [6, 6.07) is 7.71. The third-order valence-electron chi connectivity index (χ3n) is 4.08. The Morgan fingerprint density at radius 1 is 1.17 bits per heavy atom. The minimum absolute atomic E-state index is 0.0698. The molecule has 0 aliphatic rings. The van der Waals surface area contributed by atoms with Gasteiger partial charge in [0.05, 0.1) is 6.61 Å². The van der Waals surface area contributed by atoms with Gasteiger partial charge in [-0.2, -0.15) is 0 Å². The van der Waals surface area contributed by atoms with Gasteiger partial charge in [0.1, 0.15) is 5.56 Å². The summed E-state index contributed by atoms with van der Waals surface area (Å²) >= 11 is 0. The quantitative estimate of drug-likeness (QED) is 0.862. The Morgan fingerprint density at radius 3 is 2.33 bits per heavy atom. The van der Waals surface area contributed by atoms with E-state index in [2.05, 4.69) is 37.9 Å².